The fourth-order valence-electron chi connectivity index (χ4n) is 2.71. The van der Waals surface area contributed by atoms with Crippen LogP contribution in [-0.4, -0.2) is 51.2 Å². The molecular weight excluding hydrogens is 340 g/mol. The average Bonchev–Trinajstić information content (AvgIpc) is 2.69. The molecule has 5 heteroatoms. The Kier molecular flexibility index (Phi) is 7.89. The number of hydrogen-bond donors (Lipinski definition) is 1. The maximum Gasteiger partial charge on any atom is 0.251 e. The second-order valence-electron chi connectivity index (χ2n) is 6.48. The maximum atomic E-state index is 12.6. The van der Waals surface area contributed by atoms with E-state index < -0.39 is 0 Å². The first kappa shape index (κ1) is 20.5. The Morgan fingerprint density at radius 3 is 2.56 bits per heavy atom. The third kappa shape index (κ3) is 6.15. The zero-order valence-corrected chi connectivity index (χ0v) is 16.3. The lowest BCUT2D eigenvalue weighted by atomic mass is 10.0. The smallest absolute Gasteiger partial charge is 0.251 e. The lowest BCUT2D eigenvalue weighted by Gasteiger charge is -2.25. The highest BCUT2D eigenvalue weighted by Gasteiger charge is 2.16. The van der Waals surface area contributed by atoms with Crippen LogP contribution in [0.15, 0.2) is 61.2 Å². The van der Waals surface area contributed by atoms with Crippen molar-refractivity contribution in [3.8, 4) is 11.5 Å². The number of carbonyl (C=O) groups excluding carboxylic acids is 1. The number of methoxy groups -OCH3 is 1. The van der Waals surface area contributed by atoms with Crippen LogP contribution in [0.3, 0.4) is 0 Å². The van der Waals surface area contributed by atoms with Gasteiger partial charge < -0.3 is 19.7 Å². The van der Waals surface area contributed by atoms with Crippen molar-refractivity contribution in [1.82, 2.24) is 10.2 Å². The van der Waals surface area contributed by atoms with Gasteiger partial charge in [0.25, 0.3) is 5.91 Å². The van der Waals surface area contributed by atoms with Gasteiger partial charge in [-0.25, -0.2) is 0 Å². The van der Waals surface area contributed by atoms with E-state index >= 15 is 0 Å². The minimum atomic E-state index is -0.136. The summed E-state index contributed by atoms with van der Waals surface area (Å²) >= 11 is 0. The molecule has 0 heterocycles. The van der Waals surface area contributed by atoms with E-state index in [4.69, 9.17) is 9.47 Å². The molecule has 2 aromatic carbocycles. The standard InChI is InChI=1S/C22H28N2O3/c1-5-13-27-20-12-11-18(15-21(20)26-4)22(25)23-16-19(24(2)3)14-17-9-7-6-8-10-17/h5-12,15,19H,1,13-14,16H2,2-4H3,(H,23,25). The van der Waals surface area contributed by atoms with Gasteiger partial charge in [-0.2, -0.15) is 0 Å². The second kappa shape index (κ2) is 10.4. The molecule has 2 aromatic rings. The number of amides is 1. The fourth-order valence-corrected chi connectivity index (χ4v) is 2.71. The van der Waals surface area contributed by atoms with Gasteiger partial charge in [-0.1, -0.05) is 43.0 Å². The highest BCUT2D eigenvalue weighted by molar-refractivity contribution is 5.94. The highest BCUT2D eigenvalue weighted by Crippen LogP contribution is 2.28. The van der Waals surface area contributed by atoms with E-state index in [1.165, 1.54) is 5.56 Å². The lowest BCUT2D eigenvalue weighted by molar-refractivity contribution is 0.0941. The molecule has 0 radical (unpaired) electrons. The van der Waals surface area contributed by atoms with E-state index in [9.17, 15) is 4.79 Å². The Balaban J connectivity index is 2.01. The Hall–Kier alpha value is -2.79. The van der Waals surface area contributed by atoms with Crippen LogP contribution in [0.25, 0.3) is 0 Å². The minimum Gasteiger partial charge on any atom is -0.493 e. The first-order chi connectivity index (χ1) is 13.0. The van der Waals surface area contributed by atoms with Crippen LogP contribution in [0.1, 0.15) is 15.9 Å². The molecule has 2 rings (SSSR count). The third-order valence-corrected chi connectivity index (χ3v) is 4.33. The molecule has 0 spiro atoms. The number of rotatable bonds is 10. The van der Waals surface area contributed by atoms with Gasteiger partial charge in [0, 0.05) is 18.2 Å². The summed E-state index contributed by atoms with van der Waals surface area (Å²) in [7, 11) is 5.60. The van der Waals surface area contributed by atoms with Crippen molar-refractivity contribution in [2.75, 3.05) is 34.4 Å². The average molecular weight is 368 g/mol. The number of likely N-dealkylation sites (N-methyl/N-ethyl adjacent to an activating group) is 1. The largest absolute Gasteiger partial charge is 0.493 e. The first-order valence-electron chi connectivity index (χ1n) is 8.95. The Labute approximate surface area is 161 Å². The quantitative estimate of drug-likeness (QED) is 0.655. The van der Waals surface area contributed by atoms with Gasteiger partial charge in [0.05, 0.1) is 7.11 Å². The van der Waals surface area contributed by atoms with Crippen molar-refractivity contribution >= 4 is 5.91 Å². The minimum absolute atomic E-state index is 0.136. The molecule has 0 bridgehead atoms. The zero-order chi connectivity index (χ0) is 19.6. The van der Waals surface area contributed by atoms with E-state index in [0.717, 1.165) is 6.42 Å². The van der Waals surface area contributed by atoms with Crippen LogP contribution in [0.5, 0.6) is 11.5 Å². The van der Waals surface area contributed by atoms with Crippen molar-refractivity contribution in [2.24, 2.45) is 0 Å². The van der Waals surface area contributed by atoms with Gasteiger partial charge in [-0.05, 0) is 44.3 Å². The first-order valence-corrected chi connectivity index (χ1v) is 8.95. The van der Waals surface area contributed by atoms with Crippen LogP contribution in [0.2, 0.25) is 0 Å². The van der Waals surface area contributed by atoms with Crippen LogP contribution in [0, 0.1) is 0 Å². The van der Waals surface area contributed by atoms with Gasteiger partial charge in [0.2, 0.25) is 0 Å². The Morgan fingerprint density at radius 2 is 1.93 bits per heavy atom. The van der Waals surface area contributed by atoms with E-state index in [0.29, 0.717) is 30.2 Å². The van der Waals surface area contributed by atoms with Gasteiger partial charge in [0.15, 0.2) is 11.5 Å². The third-order valence-electron chi connectivity index (χ3n) is 4.33. The molecule has 27 heavy (non-hydrogen) atoms. The fraction of sp³-hybridized carbons (Fsp3) is 0.318. The molecule has 0 saturated heterocycles. The molecule has 0 aliphatic carbocycles. The van der Waals surface area contributed by atoms with Crippen LogP contribution < -0.4 is 14.8 Å². The summed E-state index contributed by atoms with van der Waals surface area (Å²) in [6, 6.07) is 15.6. The van der Waals surface area contributed by atoms with Gasteiger partial charge in [-0.15, -0.1) is 0 Å². The number of carbonyl (C=O) groups is 1. The summed E-state index contributed by atoms with van der Waals surface area (Å²) in [5.41, 5.74) is 1.78. The topological polar surface area (TPSA) is 50.8 Å². The van der Waals surface area contributed by atoms with Gasteiger partial charge in [-0.3, -0.25) is 4.79 Å². The summed E-state index contributed by atoms with van der Waals surface area (Å²) in [4.78, 5) is 14.7. The molecule has 0 aliphatic heterocycles. The Morgan fingerprint density at radius 1 is 1.19 bits per heavy atom. The molecule has 1 atom stereocenters. The molecule has 0 saturated carbocycles. The molecule has 0 aliphatic rings. The predicted octanol–water partition coefficient (Wildman–Crippen LogP) is 3.16. The number of nitrogens with one attached hydrogen (secondary N) is 1. The molecular formula is C22H28N2O3. The van der Waals surface area contributed by atoms with Crippen molar-refractivity contribution in [3.63, 3.8) is 0 Å². The van der Waals surface area contributed by atoms with Gasteiger partial charge in [0.1, 0.15) is 6.61 Å². The molecule has 1 amide bonds. The molecule has 1 unspecified atom stereocenters. The van der Waals surface area contributed by atoms with Crippen LogP contribution in [-0.2, 0) is 6.42 Å². The van der Waals surface area contributed by atoms with Crippen LogP contribution >= 0.6 is 0 Å². The summed E-state index contributed by atoms with van der Waals surface area (Å²) in [6.45, 7) is 4.56. The normalized spacial score (nSPS) is 11.7. The summed E-state index contributed by atoms with van der Waals surface area (Å²) in [5, 5.41) is 3.02. The number of nitrogens with zero attached hydrogens (tertiary/aromatic N) is 1. The number of ether oxygens (including phenoxy) is 2. The monoisotopic (exact) mass is 368 g/mol. The van der Waals surface area contributed by atoms with Gasteiger partial charge >= 0.3 is 0 Å². The predicted molar refractivity (Wildman–Crippen MR) is 109 cm³/mol. The van der Waals surface area contributed by atoms with E-state index in [2.05, 4.69) is 28.9 Å². The van der Waals surface area contributed by atoms with E-state index in [1.54, 1.807) is 31.4 Å². The SMILES string of the molecule is C=CCOc1ccc(C(=O)NCC(Cc2ccccc2)N(C)C)cc1OC. The maximum absolute atomic E-state index is 12.6. The number of benzene rings is 2. The molecule has 144 valence electrons. The van der Waals surface area contributed by atoms with Crippen LogP contribution in [0.4, 0.5) is 0 Å². The second-order valence-corrected chi connectivity index (χ2v) is 6.48. The molecule has 5 nitrogen and oxygen atoms in total. The summed E-state index contributed by atoms with van der Waals surface area (Å²) in [5.74, 6) is 0.977. The molecule has 1 N–H and O–H groups in total. The van der Waals surface area contributed by atoms with E-state index in [-0.39, 0.29) is 11.9 Å². The Bertz CT molecular complexity index is 744. The zero-order valence-electron chi connectivity index (χ0n) is 16.3. The highest BCUT2D eigenvalue weighted by atomic mass is 16.5. The van der Waals surface area contributed by atoms with Crippen molar-refractivity contribution in [3.05, 3.63) is 72.3 Å². The van der Waals surface area contributed by atoms with E-state index in [1.807, 2.05) is 32.3 Å². The lowest BCUT2D eigenvalue weighted by Crippen LogP contribution is -2.41. The van der Waals surface area contributed by atoms with Crippen molar-refractivity contribution < 1.29 is 14.3 Å². The number of hydrogen-bond acceptors (Lipinski definition) is 4. The molecule has 0 fully saturated rings. The summed E-state index contributed by atoms with van der Waals surface area (Å²) in [6.07, 6.45) is 2.53. The summed E-state index contributed by atoms with van der Waals surface area (Å²) < 4.78 is 10.9. The van der Waals surface area contributed by atoms with Crippen molar-refractivity contribution in [2.45, 2.75) is 12.5 Å². The molecule has 0 aromatic heterocycles. The van der Waals surface area contributed by atoms with Crippen molar-refractivity contribution in [1.29, 1.82) is 0 Å².